The summed E-state index contributed by atoms with van der Waals surface area (Å²) < 4.78 is 5.57. The van der Waals surface area contributed by atoms with Gasteiger partial charge in [-0.2, -0.15) is 4.98 Å². The normalized spacial score (nSPS) is 10.7. The molecule has 1 N–H and O–H groups in total. The van der Waals surface area contributed by atoms with E-state index in [-0.39, 0.29) is 0 Å². The van der Waals surface area contributed by atoms with E-state index in [0.29, 0.717) is 12.6 Å². The van der Waals surface area contributed by atoms with Crippen LogP contribution in [0, 0.1) is 0 Å². The molecule has 0 aromatic carbocycles. The number of aromatic nitrogens is 2. The number of hydrogen-bond acceptors (Lipinski definition) is 5. The molecule has 0 aliphatic rings. The van der Waals surface area contributed by atoms with Gasteiger partial charge in [0, 0.05) is 19.3 Å². The maximum absolute atomic E-state index is 5.57. The molecular formula is C15H22N4O. The van der Waals surface area contributed by atoms with Crippen LogP contribution in [0.4, 0.5) is 6.01 Å². The Kier molecular flexibility index (Phi) is 5.55. The van der Waals surface area contributed by atoms with Gasteiger partial charge in [-0.25, -0.2) is 0 Å². The van der Waals surface area contributed by atoms with E-state index in [4.69, 9.17) is 4.42 Å². The largest absolute Gasteiger partial charge is 0.432 e. The van der Waals surface area contributed by atoms with E-state index < -0.39 is 0 Å². The smallest absolute Gasteiger partial charge is 0.297 e. The van der Waals surface area contributed by atoms with Crippen LogP contribution < -0.4 is 10.2 Å². The zero-order chi connectivity index (χ0) is 14.2. The summed E-state index contributed by atoms with van der Waals surface area (Å²) in [6.45, 7) is 7.51. The minimum Gasteiger partial charge on any atom is -0.432 e. The van der Waals surface area contributed by atoms with Crippen molar-refractivity contribution in [2.75, 3.05) is 18.0 Å². The molecule has 5 nitrogen and oxygen atoms in total. The van der Waals surface area contributed by atoms with Gasteiger partial charge in [-0.1, -0.05) is 13.0 Å². The zero-order valence-corrected chi connectivity index (χ0v) is 12.2. The Labute approximate surface area is 120 Å². The SMILES string of the molecule is CCCNCc1coc(N(CC)Cc2ccccn2)n1. The predicted octanol–water partition coefficient (Wildman–Crippen LogP) is 2.60. The monoisotopic (exact) mass is 274 g/mol. The topological polar surface area (TPSA) is 54.2 Å². The molecule has 0 unspecified atom stereocenters. The van der Waals surface area contributed by atoms with Gasteiger partial charge < -0.3 is 14.6 Å². The molecular weight excluding hydrogens is 252 g/mol. The molecule has 0 amide bonds. The van der Waals surface area contributed by atoms with E-state index in [1.54, 1.807) is 12.5 Å². The summed E-state index contributed by atoms with van der Waals surface area (Å²) in [5.41, 5.74) is 1.95. The lowest BCUT2D eigenvalue weighted by atomic mass is 10.3. The van der Waals surface area contributed by atoms with Crippen LogP contribution in [0.15, 0.2) is 35.1 Å². The van der Waals surface area contributed by atoms with E-state index >= 15 is 0 Å². The first-order chi connectivity index (χ1) is 9.83. The summed E-state index contributed by atoms with van der Waals surface area (Å²) in [6, 6.07) is 6.58. The molecule has 0 saturated heterocycles. The fourth-order valence-electron chi connectivity index (χ4n) is 1.92. The van der Waals surface area contributed by atoms with Crippen LogP contribution >= 0.6 is 0 Å². The number of pyridine rings is 1. The maximum Gasteiger partial charge on any atom is 0.297 e. The van der Waals surface area contributed by atoms with Crippen molar-refractivity contribution in [3.63, 3.8) is 0 Å². The summed E-state index contributed by atoms with van der Waals surface area (Å²) >= 11 is 0. The predicted molar refractivity (Wildman–Crippen MR) is 79.5 cm³/mol. The molecule has 0 atom stereocenters. The van der Waals surface area contributed by atoms with Crippen LogP contribution in [0.1, 0.15) is 31.7 Å². The molecule has 2 aromatic heterocycles. The number of oxazole rings is 1. The Bertz CT molecular complexity index is 498. The summed E-state index contributed by atoms with van der Waals surface area (Å²) in [6.07, 6.45) is 4.64. The highest BCUT2D eigenvalue weighted by atomic mass is 16.4. The molecule has 2 heterocycles. The van der Waals surface area contributed by atoms with Crippen LogP contribution in [-0.2, 0) is 13.1 Å². The number of hydrogen-bond donors (Lipinski definition) is 1. The van der Waals surface area contributed by atoms with Gasteiger partial charge in [0.15, 0.2) is 0 Å². The average molecular weight is 274 g/mol. The number of nitrogens with one attached hydrogen (secondary N) is 1. The minimum absolute atomic E-state index is 0.659. The molecule has 0 aliphatic heterocycles. The highest BCUT2D eigenvalue weighted by molar-refractivity contribution is 5.28. The van der Waals surface area contributed by atoms with E-state index in [9.17, 15) is 0 Å². The second kappa shape index (κ2) is 7.65. The number of rotatable bonds is 8. The lowest BCUT2D eigenvalue weighted by Crippen LogP contribution is -2.23. The third kappa shape index (κ3) is 4.06. The van der Waals surface area contributed by atoms with Crippen molar-refractivity contribution in [1.82, 2.24) is 15.3 Å². The summed E-state index contributed by atoms with van der Waals surface area (Å²) in [4.78, 5) is 10.9. The van der Waals surface area contributed by atoms with Gasteiger partial charge >= 0.3 is 0 Å². The minimum atomic E-state index is 0.659. The van der Waals surface area contributed by atoms with Gasteiger partial charge in [0.2, 0.25) is 0 Å². The lowest BCUT2D eigenvalue weighted by molar-refractivity contribution is 0.532. The van der Waals surface area contributed by atoms with Crippen LogP contribution in [0.5, 0.6) is 0 Å². The Hall–Kier alpha value is -1.88. The van der Waals surface area contributed by atoms with Crippen LogP contribution in [-0.4, -0.2) is 23.1 Å². The van der Waals surface area contributed by atoms with E-state index in [1.807, 2.05) is 18.2 Å². The molecule has 0 saturated carbocycles. The van der Waals surface area contributed by atoms with E-state index in [0.717, 1.165) is 37.4 Å². The van der Waals surface area contributed by atoms with Crippen molar-refractivity contribution >= 4 is 6.01 Å². The highest BCUT2D eigenvalue weighted by Gasteiger charge is 2.12. The molecule has 5 heteroatoms. The van der Waals surface area contributed by atoms with Crippen molar-refractivity contribution in [3.8, 4) is 0 Å². The second-order valence-corrected chi connectivity index (χ2v) is 4.63. The summed E-state index contributed by atoms with van der Waals surface area (Å²) in [7, 11) is 0. The fourth-order valence-corrected chi connectivity index (χ4v) is 1.92. The molecule has 0 aliphatic carbocycles. The molecule has 0 radical (unpaired) electrons. The lowest BCUT2D eigenvalue weighted by Gasteiger charge is -2.17. The molecule has 0 fully saturated rings. The standard InChI is InChI=1S/C15H22N4O/c1-3-8-16-10-14-12-20-15(18-14)19(4-2)11-13-7-5-6-9-17-13/h5-7,9,12,16H,3-4,8,10-11H2,1-2H3. The molecule has 20 heavy (non-hydrogen) atoms. The molecule has 0 bridgehead atoms. The van der Waals surface area contributed by atoms with Crippen molar-refractivity contribution in [2.45, 2.75) is 33.4 Å². The Morgan fingerprint density at radius 1 is 1.25 bits per heavy atom. The number of anilines is 1. The van der Waals surface area contributed by atoms with Crippen molar-refractivity contribution in [1.29, 1.82) is 0 Å². The van der Waals surface area contributed by atoms with Gasteiger partial charge in [0.1, 0.15) is 6.26 Å². The van der Waals surface area contributed by atoms with Crippen LogP contribution in [0.3, 0.4) is 0 Å². The molecule has 2 rings (SSSR count). The van der Waals surface area contributed by atoms with E-state index in [1.165, 1.54) is 0 Å². The Morgan fingerprint density at radius 2 is 2.15 bits per heavy atom. The summed E-state index contributed by atoms with van der Waals surface area (Å²) in [5.74, 6) is 0. The highest BCUT2D eigenvalue weighted by Crippen LogP contribution is 2.15. The van der Waals surface area contributed by atoms with Gasteiger partial charge in [-0.3, -0.25) is 4.98 Å². The van der Waals surface area contributed by atoms with Crippen molar-refractivity contribution < 1.29 is 4.42 Å². The first kappa shape index (κ1) is 14.5. The first-order valence-electron chi connectivity index (χ1n) is 7.13. The van der Waals surface area contributed by atoms with Gasteiger partial charge in [-0.05, 0) is 32.0 Å². The Morgan fingerprint density at radius 3 is 2.85 bits per heavy atom. The van der Waals surface area contributed by atoms with Crippen LogP contribution in [0.25, 0.3) is 0 Å². The summed E-state index contributed by atoms with van der Waals surface area (Å²) in [5, 5.41) is 3.32. The van der Waals surface area contributed by atoms with Gasteiger partial charge in [0.25, 0.3) is 6.01 Å². The van der Waals surface area contributed by atoms with E-state index in [2.05, 4.69) is 34.0 Å². The quantitative estimate of drug-likeness (QED) is 0.750. The first-order valence-corrected chi connectivity index (χ1v) is 7.13. The zero-order valence-electron chi connectivity index (χ0n) is 12.2. The average Bonchev–Trinajstić information content (AvgIpc) is 2.95. The third-order valence-electron chi connectivity index (χ3n) is 3.00. The second-order valence-electron chi connectivity index (χ2n) is 4.63. The van der Waals surface area contributed by atoms with Crippen molar-refractivity contribution in [2.24, 2.45) is 0 Å². The van der Waals surface area contributed by atoms with Gasteiger partial charge in [-0.15, -0.1) is 0 Å². The number of nitrogens with zero attached hydrogens (tertiary/aromatic N) is 3. The van der Waals surface area contributed by atoms with Gasteiger partial charge in [0.05, 0.1) is 17.9 Å². The fraction of sp³-hybridized carbons (Fsp3) is 0.467. The Balaban J connectivity index is 1.97. The molecule has 2 aromatic rings. The molecule has 108 valence electrons. The maximum atomic E-state index is 5.57. The molecule has 0 spiro atoms. The van der Waals surface area contributed by atoms with Crippen molar-refractivity contribution in [3.05, 3.63) is 42.0 Å². The van der Waals surface area contributed by atoms with Crippen LogP contribution in [0.2, 0.25) is 0 Å². The third-order valence-corrected chi connectivity index (χ3v) is 3.00.